The fourth-order valence-corrected chi connectivity index (χ4v) is 1.21. The van der Waals surface area contributed by atoms with Crippen LogP contribution in [-0.2, 0) is 4.79 Å². The van der Waals surface area contributed by atoms with Crippen LogP contribution in [0.1, 0.15) is 6.42 Å². The first-order chi connectivity index (χ1) is 6.20. The zero-order chi connectivity index (χ0) is 9.68. The van der Waals surface area contributed by atoms with Crippen LogP contribution in [0.4, 0.5) is 5.13 Å². The Balaban J connectivity index is 2.18. The number of amides is 1. The van der Waals surface area contributed by atoms with E-state index in [-0.39, 0.29) is 5.91 Å². The average Bonchev–Trinajstić information content (AvgIpc) is 2.56. The van der Waals surface area contributed by atoms with Gasteiger partial charge in [-0.25, -0.2) is 4.98 Å². The van der Waals surface area contributed by atoms with Gasteiger partial charge in [0.05, 0.1) is 0 Å². The fourth-order valence-electron chi connectivity index (χ4n) is 0.751. The molecule has 0 spiro atoms. The van der Waals surface area contributed by atoms with Crippen molar-refractivity contribution in [1.82, 2.24) is 14.3 Å². The molecular weight excluding hydrogens is 188 g/mol. The minimum atomic E-state index is 0.108. The molecule has 0 bridgehead atoms. The van der Waals surface area contributed by atoms with E-state index in [2.05, 4.69) is 14.7 Å². The molecule has 0 fully saturated rings. The average molecular weight is 200 g/mol. The summed E-state index contributed by atoms with van der Waals surface area (Å²) in [6.07, 6.45) is 1.97. The summed E-state index contributed by atoms with van der Waals surface area (Å²) < 4.78 is 3.83. The summed E-state index contributed by atoms with van der Waals surface area (Å²) >= 11 is 1.29. The lowest BCUT2D eigenvalue weighted by atomic mass is 10.4. The smallest absolute Gasteiger partial charge is 0.223 e. The van der Waals surface area contributed by atoms with E-state index in [9.17, 15) is 4.79 Å². The van der Waals surface area contributed by atoms with Gasteiger partial charge in [0.1, 0.15) is 6.33 Å². The summed E-state index contributed by atoms with van der Waals surface area (Å²) in [5.41, 5.74) is 0. The number of hydrogen-bond donors (Lipinski definition) is 1. The molecule has 1 aromatic rings. The molecular formula is C7H12N4OS. The van der Waals surface area contributed by atoms with Gasteiger partial charge in [-0.05, 0) is 0 Å². The second-order valence-corrected chi connectivity index (χ2v) is 3.49. The molecule has 0 aliphatic carbocycles. The summed E-state index contributed by atoms with van der Waals surface area (Å²) in [5, 5.41) is 3.76. The van der Waals surface area contributed by atoms with Gasteiger partial charge in [-0.15, -0.1) is 0 Å². The van der Waals surface area contributed by atoms with Crippen molar-refractivity contribution in [3.8, 4) is 0 Å². The monoisotopic (exact) mass is 200 g/mol. The molecule has 1 N–H and O–H groups in total. The van der Waals surface area contributed by atoms with Crippen molar-refractivity contribution in [1.29, 1.82) is 0 Å². The van der Waals surface area contributed by atoms with E-state index in [1.165, 1.54) is 17.9 Å². The minimum absolute atomic E-state index is 0.108. The van der Waals surface area contributed by atoms with Crippen LogP contribution < -0.4 is 5.32 Å². The van der Waals surface area contributed by atoms with E-state index in [1.54, 1.807) is 19.0 Å². The predicted octanol–water partition coefficient (Wildman–Crippen LogP) is 0.428. The van der Waals surface area contributed by atoms with Gasteiger partial charge < -0.3 is 10.2 Å². The van der Waals surface area contributed by atoms with E-state index >= 15 is 0 Å². The van der Waals surface area contributed by atoms with Gasteiger partial charge in [0.25, 0.3) is 0 Å². The molecule has 72 valence electrons. The Morgan fingerprint density at radius 3 is 3.00 bits per heavy atom. The van der Waals surface area contributed by atoms with Crippen LogP contribution in [0.5, 0.6) is 0 Å². The third-order valence-corrected chi connectivity index (χ3v) is 2.10. The van der Waals surface area contributed by atoms with Gasteiger partial charge in [0, 0.05) is 38.6 Å². The van der Waals surface area contributed by atoms with Gasteiger partial charge in [0.15, 0.2) is 0 Å². The summed E-state index contributed by atoms with van der Waals surface area (Å²) in [6.45, 7) is 0.603. The first-order valence-electron chi connectivity index (χ1n) is 3.91. The molecule has 1 heterocycles. The highest BCUT2D eigenvalue weighted by atomic mass is 32.1. The molecule has 0 unspecified atom stereocenters. The number of carbonyl (C=O) groups is 1. The number of carbonyl (C=O) groups excluding carboxylic acids is 1. The second kappa shape index (κ2) is 4.76. The molecule has 1 amide bonds. The van der Waals surface area contributed by atoms with E-state index in [0.29, 0.717) is 13.0 Å². The number of hydrogen-bond acceptors (Lipinski definition) is 5. The highest BCUT2D eigenvalue weighted by Gasteiger charge is 2.03. The third kappa shape index (κ3) is 3.37. The van der Waals surface area contributed by atoms with Crippen molar-refractivity contribution < 1.29 is 4.79 Å². The zero-order valence-corrected chi connectivity index (χ0v) is 8.47. The fraction of sp³-hybridized carbons (Fsp3) is 0.571. The molecule has 1 rings (SSSR count). The maximum absolute atomic E-state index is 11.1. The van der Waals surface area contributed by atoms with Crippen LogP contribution in [0.3, 0.4) is 0 Å². The lowest BCUT2D eigenvalue weighted by Gasteiger charge is -2.09. The van der Waals surface area contributed by atoms with Crippen molar-refractivity contribution >= 4 is 22.6 Å². The maximum Gasteiger partial charge on any atom is 0.223 e. The molecule has 0 aromatic carbocycles. The van der Waals surface area contributed by atoms with Crippen LogP contribution >= 0.6 is 11.5 Å². The van der Waals surface area contributed by atoms with Gasteiger partial charge in [-0.3, -0.25) is 4.79 Å². The van der Waals surface area contributed by atoms with E-state index < -0.39 is 0 Å². The Morgan fingerprint density at radius 2 is 2.46 bits per heavy atom. The Hall–Kier alpha value is -1.17. The molecule has 0 aliphatic heterocycles. The molecule has 0 radical (unpaired) electrons. The lowest BCUT2D eigenvalue weighted by Crippen LogP contribution is -2.23. The Labute approximate surface area is 80.9 Å². The first-order valence-corrected chi connectivity index (χ1v) is 4.68. The second-order valence-electron chi connectivity index (χ2n) is 2.71. The summed E-state index contributed by atoms with van der Waals surface area (Å²) in [6, 6.07) is 0. The molecule has 5 nitrogen and oxygen atoms in total. The number of aromatic nitrogens is 2. The molecule has 0 saturated carbocycles. The van der Waals surface area contributed by atoms with Crippen molar-refractivity contribution in [3.63, 3.8) is 0 Å². The first kappa shape index (κ1) is 9.91. The molecule has 0 saturated heterocycles. The lowest BCUT2D eigenvalue weighted by molar-refractivity contribution is -0.128. The van der Waals surface area contributed by atoms with Gasteiger partial charge in [-0.2, -0.15) is 4.37 Å². The summed E-state index contributed by atoms with van der Waals surface area (Å²) in [4.78, 5) is 16.6. The maximum atomic E-state index is 11.1. The molecule has 13 heavy (non-hydrogen) atoms. The number of nitrogens with zero attached hydrogens (tertiary/aromatic N) is 3. The largest absolute Gasteiger partial charge is 0.360 e. The quantitative estimate of drug-likeness (QED) is 0.765. The van der Waals surface area contributed by atoms with Crippen molar-refractivity contribution in [3.05, 3.63) is 6.33 Å². The van der Waals surface area contributed by atoms with Gasteiger partial charge in [-0.1, -0.05) is 0 Å². The Bertz CT molecular complexity index is 259. The Morgan fingerprint density at radius 1 is 1.69 bits per heavy atom. The van der Waals surface area contributed by atoms with Crippen LogP contribution in [-0.4, -0.2) is 40.8 Å². The molecule has 0 aliphatic rings. The van der Waals surface area contributed by atoms with Crippen molar-refractivity contribution in [2.24, 2.45) is 0 Å². The zero-order valence-electron chi connectivity index (χ0n) is 7.65. The number of rotatable bonds is 4. The normalized spacial score (nSPS) is 9.69. The summed E-state index contributed by atoms with van der Waals surface area (Å²) in [5.74, 6) is 0.108. The van der Waals surface area contributed by atoms with E-state index in [4.69, 9.17) is 0 Å². The minimum Gasteiger partial charge on any atom is -0.360 e. The Kier molecular flexibility index (Phi) is 3.63. The molecule has 6 heteroatoms. The van der Waals surface area contributed by atoms with Gasteiger partial charge >= 0.3 is 0 Å². The van der Waals surface area contributed by atoms with Crippen molar-refractivity contribution in [2.75, 3.05) is 26.0 Å². The van der Waals surface area contributed by atoms with Crippen LogP contribution in [0.15, 0.2) is 6.33 Å². The standard InChI is InChI=1S/C7H12N4OS/c1-11(2)6(12)3-4-8-7-9-5-10-13-7/h5H,3-4H2,1-2H3,(H,8,9,10). The van der Waals surface area contributed by atoms with Gasteiger partial charge in [0.2, 0.25) is 11.0 Å². The number of nitrogens with one attached hydrogen (secondary N) is 1. The number of anilines is 1. The molecule has 0 atom stereocenters. The van der Waals surface area contributed by atoms with Crippen molar-refractivity contribution in [2.45, 2.75) is 6.42 Å². The van der Waals surface area contributed by atoms with Crippen LogP contribution in [0, 0.1) is 0 Å². The third-order valence-electron chi connectivity index (χ3n) is 1.48. The predicted molar refractivity (Wildman–Crippen MR) is 51.7 cm³/mol. The van der Waals surface area contributed by atoms with Crippen LogP contribution in [0.25, 0.3) is 0 Å². The van der Waals surface area contributed by atoms with E-state index in [1.807, 2.05) is 0 Å². The molecule has 1 aromatic heterocycles. The van der Waals surface area contributed by atoms with E-state index in [0.717, 1.165) is 5.13 Å². The highest BCUT2D eigenvalue weighted by molar-refractivity contribution is 7.09. The van der Waals surface area contributed by atoms with Crippen LogP contribution in [0.2, 0.25) is 0 Å². The summed E-state index contributed by atoms with van der Waals surface area (Å²) in [7, 11) is 3.49. The topological polar surface area (TPSA) is 58.1 Å². The highest BCUT2D eigenvalue weighted by Crippen LogP contribution is 2.05. The SMILES string of the molecule is CN(C)C(=O)CCNc1ncns1.